The lowest BCUT2D eigenvalue weighted by atomic mass is 10.0. The van der Waals surface area contributed by atoms with Gasteiger partial charge in [0, 0.05) is 5.56 Å². The summed E-state index contributed by atoms with van der Waals surface area (Å²) < 4.78 is 10.6. The molecular weight excluding hydrogens is 352 g/mol. The normalized spacial score (nSPS) is 11.0. The van der Waals surface area contributed by atoms with Crippen molar-refractivity contribution in [3.8, 4) is 28.8 Å². The lowest BCUT2D eigenvalue weighted by Crippen LogP contribution is -2.35. The Morgan fingerprint density at radius 2 is 1.92 bits per heavy atom. The SMILES string of the molecule is COc1ccc(-c2nc(SC)nc(NC(C)(C)CO)c2C#N)cc1OC. The van der Waals surface area contributed by atoms with Crippen LogP contribution in [0, 0.1) is 11.3 Å². The second kappa shape index (κ2) is 8.25. The van der Waals surface area contributed by atoms with E-state index in [1.807, 2.05) is 26.2 Å². The largest absolute Gasteiger partial charge is 0.493 e. The fourth-order valence-electron chi connectivity index (χ4n) is 2.28. The molecule has 8 heteroatoms. The number of anilines is 1. The monoisotopic (exact) mass is 374 g/mol. The van der Waals surface area contributed by atoms with Gasteiger partial charge in [0.1, 0.15) is 17.5 Å². The minimum Gasteiger partial charge on any atom is -0.493 e. The highest BCUT2D eigenvalue weighted by atomic mass is 32.2. The van der Waals surface area contributed by atoms with E-state index in [0.29, 0.717) is 39.3 Å². The summed E-state index contributed by atoms with van der Waals surface area (Å²) in [6.07, 6.45) is 1.86. The summed E-state index contributed by atoms with van der Waals surface area (Å²) in [5.74, 6) is 1.52. The Morgan fingerprint density at radius 3 is 2.46 bits per heavy atom. The van der Waals surface area contributed by atoms with E-state index in [4.69, 9.17) is 9.47 Å². The summed E-state index contributed by atoms with van der Waals surface area (Å²) in [6.45, 7) is 3.54. The maximum absolute atomic E-state index is 9.73. The number of rotatable bonds is 7. The highest BCUT2D eigenvalue weighted by Gasteiger charge is 2.23. The summed E-state index contributed by atoms with van der Waals surface area (Å²) >= 11 is 1.37. The molecule has 0 radical (unpaired) electrons. The van der Waals surface area contributed by atoms with Gasteiger partial charge in [-0.25, -0.2) is 9.97 Å². The van der Waals surface area contributed by atoms with Crippen LogP contribution in [0.3, 0.4) is 0 Å². The Bertz CT molecular complexity index is 834. The van der Waals surface area contributed by atoms with Crippen LogP contribution < -0.4 is 14.8 Å². The molecule has 0 spiro atoms. The van der Waals surface area contributed by atoms with Crippen LogP contribution in [0.25, 0.3) is 11.3 Å². The molecule has 7 nitrogen and oxygen atoms in total. The fourth-order valence-corrected chi connectivity index (χ4v) is 2.65. The molecule has 0 aliphatic heterocycles. The highest BCUT2D eigenvalue weighted by Crippen LogP contribution is 2.35. The van der Waals surface area contributed by atoms with E-state index < -0.39 is 5.54 Å². The topological polar surface area (TPSA) is 100 Å². The summed E-state index contributed by atoms with van der Waals surface area (Å²) in [6, 6.07) is 7.53. The average molecular weight is 374 g/mol. The van der Waals surface area contributed by atoms with Gasteiger partial charge in [-0.2, -0.15) is 5.26 Å². The number of methoxy groups -OCH3 is 2. The number of nitriles is 1. The highest BCUT2D eigenvalue weighted by molar-refractivity contribution is 7.98. The molecule has 2 N–H and O–H groups in total. The maximum Gasteiger partial charge on any atom is 0.189 e. The molecule has 1 aromatic heterocycles. The summed E-state index contributed by atoms with van der Waals surface area (Å²) in [5.41, 5.74) is 0.868. The van der Waals surface area contributed by atoms with Gasteiger partial charge in [0.25, 0.3) is 0 Å². The second-order valence-electron chi connectivity index (χ2n) is 6.13. The molecule has 0 atom stereocenters. The smallest absolute Gasteiger partial charge is 0.189 e. The van der Waals surface area contributed by atoms with Crippen LogP contribution in [-0.2, 0) is 0 Å². The third kappa shape index (κ3) is 4.18. The molecule has 1 heterocycles. The van der Waals surface area contributed by atoms with Gasteiger partial charge in [0.05, 0.1) is 32.1 Å². The van der Waals surface area contributed by atoms with Crippen LogP contribution in [0.15, 0.2) is 23.4 Å². The lowest BCUT2D eigenvalue weighted by Gasteiger charge is -2.25. The van der Waals surface area contributed by atoms with Crippen molar-refractivity contribution in [2.45, 2.75) is 24.5 Å². The molecule has 2 rings (SSSR count). The first-order chi connectivity index (χ1) is 12.4. The molecule has 0 fully saturated rings. The van der Waals surface area contributed by atoms with Crippen molar-refractivity contribution in [3.63, 3.8) is 0 Å². The average Bonchev–Trinajstić information content (AvgIpc) is 2.66. The summed E-state index contributed by atoms with van der Waals surface area (Å²) in [7, 11) is 3.12. The Kier molecular flexibility index (Phi) is 6.29. The number of nitrogens with zero attached hydrogens (tertiary/aromatic N) is 3. The number of aliphatic hydroxyl groups is 1. The Morgan fingerprint density at radius 1 is 1.23 bits per heavy atom. The first kappa shape index (κ1) is 19.8. The summed E-state index contributed by atoms with van der Waals surface area (Å²) in [4.78, 5) is 8.92. The Labute approximate surface area is 157 Å². The molecule has 0 amide bonds. The van der Waals surface area contributed by atoms with Crippen LogP contribution >= 0.6 is 11.8 Å². The van der Waals surface area contributed by atoms with Crippen LogP contribution in [0.2, 0.25) is 0 Å². The van der Waals surface area contributed by atoms with Gasteiger partial charge >= 0.3 is 0 Å². The van der Waals surface area contributed by atoms with E-state index in [1.165, 1.54) is 11.8 Å². The van der Waals surface area contributed by atoms with Crippen molar-refractivity contribution < 1.29 is 14.6 Å². The second-order valence-corrected chi connectivity index (χ2v) is 6.90. The van der Waals surface area contributed by atoms with Gasteiger partial charge in [-0.1, -0.05) is 11.8 Å². The summed E-state index contributed by atoms with van der Waals surface area (Å²) in [5, 5.41) is 22.9. The zero-order valence-corrected chi connectivity index (χ0v) is 16.3. The maximum atomic E-state index is 9.73. The van der Waals surface area contributed by atoms with Crippen molar-refractivity contribution in [2.75, 3.05) is 32.4 Å². The first-order valence-corrected chi connectivity index (χ1v) is 9.09. The van der Waals surface area contributed by atoms with E-state index in [0.717, 1.165) is 0 Å². The van der Waals surface area contributed by atoms with Gasteiger partial charge in [0.2, 0.25) is 0 Å². The zero-order valence-electron chi connectivity index (χ0n) is 15.5. The standard InChI is InChI=1S/C18H22N4O3S/c1-18(2,10-23)22-16-12(9-19)15(20-17(21-16)26-5)11-6-7-13(24-3)14(8-11)25-4/h6-8,23H,10H2,1-5H3,(H,20,21,22). The predicted molar refractivity (Wildman–Crippen MR) is 102 cm³/mol. The number of benzene rings is 1. The number of hydrogen-bond donors (Lipinski definition) is 2. The van der Waals surface area contributed by atoms with E-state index in [-0.39, 0.29) is 6.61 Å². The number of nitrogens with one attached hydrogen (secondary N) is 1. The van der Waals surface area contributed by atoms with Gasteiger partial charge in [-0.05, 0) is 38.3 Å². The van der Waals surface area contributed by atoms with Crippen LogP contribution in [0.5, 0.6) is 11.5 Å². The Hall–Kier alpha value is -2.50. The van der Waals surface area contributed by atoms with E-state index >= 15 is 0 Å². The van der Waals surface area contributed by atoms with Crippen molar-refractivity contribution in [1.29, 1.82) is 5.26 Å². The molecular formula is C18H22N4O3S. The predicted octanol–water partition coefficient (Wildman–Crippen LogP) is 2.94. The van der Waals surface area contributed by atoms with Crippen molar-refractivity contribution >= 4 is 17.6 Å². The molecule has 0 saturated heterocycles. The first-order valence-electron chi connectivity index (χ1n) is 7.86. The molecule has 0 bridgehead atoms. The van der Waals surface area contributed by atoms with E-state index in [1.54, 1.807) is 26.4 Å². The number of hydrogen-bond acceptors (Lipinski definition) is 8. The van der Waals surface area contributed by atoms with Gasteiger partial charge in [-0.3, -0.25) is 0 Å². The molecule has 138 valence electrons. The quantitative estimate of drug-likeness (QED) is 0.564. The number of thioether (sulfide) groups is 1. The van der Waals surface area contributed by atoms with E-state index in [2.05, 4.69) is 21.4 Å². The molecule has 0 unspecified atom stereocenters. The van der Waals surface area contributed by atoms with Crippen molar-refractivity contribution in [2.24, 2.45) is 0 Å². The molecule has 1 aromatic carbocycles. The number of aliphatic hydroxyl groups excluding tert-OH is 1. The third-order valence-corrected chi connectivity index (χ3v) is 4.24. The third-order valence-electron chi connectivity index (χ3n) is 3.69. The minimum absolute atomic E-state index is 0.109. The molecule has 26 heavy (non-hydrogen) atoms. The minimum atomic E-state index is -0.634. The number of ether oxygens (including phenoxy) is 2. The Balaban J connectivity index is 2.66. The van der Waals surface area contributed by atoms with Crippen LogP contribution in [0.4, 0.5) is 5.82 Å². The molecule has 0 saturated carbocycles. The van der Waals surface area contributed by atoms with Gasteiger partial charge in [0.15, 0.2) is 16.7 Å². The van der Waals surface area contributed by atoms with Gasteiger partial charge < -0.3 is 19.9 Å². The van der Waals surface area contributed by atoms with Crippen LogP contribution in [0.1, 0.15) is 19.4 Å². The lowest BCUT2D eigenvalue weighted by molar-refractivity contribution is 0.233. The molecule has 0 aliphatic rings. The van der Waals surface area contributed by atoms with Gasteiger partial charge in [-0.15, -0.1) is 0 Å². The fraction of sp³-hybridized carbons (Fsp3) is 0.389. The molecule has 0 aliphatic carbocycles. The van der Waals surface area contributed by atoms with Crippen LogP contribution in [-0.4, -0.2) is 47.7 Å². The van der Waals surface area contributed by atoms with Crippen molar-refractivity contribution in [1.82, 2.24) is 9.97 Å². The van der Waals surface area contributed by atoms with E-state index in [9.17, 15) is 10.4 Å². The van der Waals surface area contributed by atoms with Crippen molar-refractivity contribution in [3.05, 3.63) is 23.8 Å². The molecule has 2 aromatic rings. The zero-order chi connectivity index (χ0) is 19.3. The number of aromatic nitrogens is 2.